The van der Waals surface area contributed by atoms with Gasteiger partial charge >= 0.3 is 0 Å². The average Bonchev–Trinajstić information content (AvgIpc) is 2.71. The third-order valence-corrected chi connectivity index (χ3v) is 5.00. The molecule has 0 atom stereocenters. The summed E-state index contributed by atoms with van der Waals surface area (Å²) in [6.07, 6.45) is 2.37. The van der Waals surface area contributed by atoms with Crippen LogP contribution in [0.3, 0.4) is 0 Å². The first-order valence-electron chi connectivity index (χ1n) is 6.14. The van der Waals surface area contributed by atoms with E-state index in [0.29, 0.717) is 18.3 Å². The van der Waals surface area contributed by atoms with Gasteiger partial charge in [-0.2, -0.15) is 0 Å². The molecule has 0 radical (unpaired) electrons. The molecule has 1 aliphatic rings. The molecule has 102 valence electrons. The van der Waals surface area contributed by atoms with Crippen molar-refractivity contribution in [3.63, 3.8) is 0 Å². The van der Waals surface area contributed by atoms with E-state index in [4.69, 9.17) is 4.42 Å². The molecule has 1 N–H and O–H groups in total. The van der Waals surface area contributed by atoms with Gasteiger partial charge in [0.15, 0.2) is 0 Å². The first-order chi connectivity index (χ1) is 8.39. The zero-order chi connectivity index (χ0) is 13.3. The molecule has 2 rings (SSSR count). The number of hydrogen-bond donors (Lipinski definition) is 1. The standard InChI is InChI=1S/C12H20N2O3S/c1-9-6-10(7-9)13-8-11-4-5-12(17-11)18(15,16)14(2)3/h4-5,9-10,13H,6-8H2,1-3H3. The van der Waals surface area contributed by atoms with Crippen molar-refractivity contribution in [1.82, 2.24) is 9.62 Å². The molecular weight excluding hydrogens is 252 g/mol. The molecule has 0 bridgehead atoms. The number of sulfonamides is 1. The maximum atomic E-state index is 11.8. The average molecular weight is 272 g/mol. The Morgan fingerprint density at radius 3 is 2.61 bits per heavy atom. The van der Waals surface area contributed by atoms with Gasteiger partial charge in [-0.25, -0.2) is 12.7 Å². The second-order valence-corrected chi connectivity index (χ2v) is 7.25. The lowest BCUT2D eigenvalue weighted by Gasteiger charge is -2.33. The fourth-order valence-corrected chi connectivity index (χ4v) is 2.90. The molecule has 0 saturated heterocycles. The Balaban J connectivity index is 1.94. The van der Waals surface area contributed by atoms with Crippen molar-refractivity contribution in [1.29, 1.82) is 0 Å². The largest absolute Gasteiger partial charge is 0.447 e. The van der Waals surface area contributed by atoms with Crippen molar-refractivity contribution in [3.8, 4) is 0 Å². The van der Waals surface area contributed by atoms with Crippen molar-refractivity contribution >= 4 is 10.0 Å². The lowest BCUT2D eigenvalue weighted by atomic mass is 9.82. The van der Waals surface area contributed by atoms with Gasteiger partial charge in [0.1, 0.15) is 5.76 Å². The first kappa shape index (κ1) is 13.6. The topological polar surface area (TPSA) is 62.6 Å². The van der Waals surface area contributed by atoms with Crippen LogP contribution >= 0.6 is 0 Å². The second kappa shape index (κ2) is 5.03. The Labute approximate surface area is 108 Å². The monoisotopic (exact) mass is 272 g/mol. The van der Waals surface area contributed by atoms with Gasteiger partial charge in [0, 0.05) is 20.1 Å². The van der Waals surface area contributed by atoms with E-state index in [0.717, 1.165) is 10.2 Å². The first-order valence-corrected chi connectivity index (χ1v) is 7.58. The number of nitrogens with zero attached hydrogens (tertiary/aromatic N) is 1. The Morgan fingerprint density at radius 2 is 2.06 bits per heavy atom. The highest BCUT2D eigenvalue weighted by Crippen LogP contribution is 2.26. The summed E-state index contributed by atoms with van der Waals surface area (Å²) in [4.78, 5) is 0. The number of rotatable bonds is 5. The molecule has 1 aromatic rings. The van der Waals surface area contributed by atoms with E-state index in [-0.39, 0.29) is 5.09 Å². The number of furan rings is 1. The van der Waals surface area contributed by atoms with Gasteiger partial charge in [-0.1, -0.05) is 6.92 Å². The molecule has 1 saturated carbocycles. The van der Waals surface area contributed by atoms with E-state index in [9.17, 15) is 8.42 Å². The van der Waals surface area contributed by atoms with Crippen LogP contribution in [0.25, 0.3) is 0 Å². The van der Waals surface area contributed by atoms with Crippen molar-refractivity contribution in [3.05, 3.63) is 17.9 Å². The molecular formula is C12H20N2O3S. The summed E-state index contributed by atoms with van der Waals surface area (Å²) < 4.78 is 30.1. The predicted molar refractivity (Wildman–Crippen MR) is 68.6 cm³/mol. The molecule has 0 aliphatic heterocycles. The van der Waals surface area contributed by atoms with Crippen LogP contribution in [-0.2, 0) is 16.6 Å². The Kier molecular flexibility index (Phi) is 3.79. The van der Waals surface area contributed by atoms with Crippen molar-refractivity contribution in [2.75, 3.05) is 14.1 Å². The second-order valence-electron chi connectivity index (χ2n) is 5.16. The predicted octanol–water partition coefficient (Wildman–Crippen LogP) is 1.42. The van der Waals surface area contributed by atoms with Crippen LogP contribution in [0.4, 0.5) is 0 Å². The fourth-order valence-electron chi connectivity index (χ4n) is 2.09. The zero-order valence-electron chi connectivity index (χ0n) is 11.0. The SMILES string of the molecule is CC1CC(NCc2ccc(S(=O)(=O)N(C)C)o2)C1. The minimum absolute atomic E-state index is 0.00581. The molecule has 18 heavy (non-hydrogen) atoms. The maximum absolute atomic E-state index is 11.8. The molecule has 1 heterocycles. The summed E-state index contributed by atoms with van der Waals surface area (Å²) in [5.74, 6) is 1.46. The summed E-state index contributed by atoms with van der Waals surface area (Å²) in [6, 6.07) is 3.76. The van der Waals surface area contributed by atoms with Gasteiger partial charge in [0.05, 0.1) is 6.54 Å². The highest BCUT2D eigenvalue weighted by atomic mass is 32.2. The summed E-state index contributed by atoms with van der Waals surface area (Å²) in [7, 11) is -0.473. The summed E-state index contributed by atoms with van der Waals surface area (Å²) in [6.45, 7) is 2.81. The number of nitrogens with one attached hydrogen (secondary N) is 1. The molecule has 1 fully saturated rings. The van der Waals surface area contributed by atoms with Crippen LogP contribution in [0.1, 0.15) is 25.5 Å². The maximum Gasteiger partial charge on any atom is 0.275 e. The number of hydrogen-bond acceptors (Lipinski definition) is 4. The molecule has 0 amide bonds. The molecule has 0 unspecified atom stereocenters. The summed E-state index contributed by atoms with van der Waals surface area (Å²) >= 11 is 0. The minimum Gasteiger partial charge on any atom is -0.447 e. The molecule has 5 nitrogen and oxygen atoms in total. The normalized spacial score (nSPS) is 24.2. The third-order valence-electron chi connectivity index (χ3n) is 3.31. The summed E-state index contributed by atoms with van der Waals surface area (Å²) in [5, 5.41) is 3.36. The Morgan fingerprint density at radius 1 is 1.39 bits per heavy atom. The molecule has 0 aromatic carbocycles. The molecule has 1 aromatic heterocycles. The van der Waals surface area contributed by atoms with Gasteiger partial charge in [0.2, 0.25) is 5.09 Å². The van der Waals surface area contributed by atoms with E-state index in [1.807, 2.05) is 0 Å². The van der Waals surface area contributed by atoms with E-state index < -0.39 is 10.0 Å². The van der Waals surface area contributed by atoms with Gasteiger partial charge in [-0.3, -0.25) is 0 Å². The van der Waals surface area contributed by atoms with Crippen LogP contribution in [0, 0.1) is 5.92 Å². The van der Waals surface area contributed by atoms with Crippen LogP contribution in [0.15, 0.2) is 21.6 Å². The molecule has 6 heteroatoms. The lowest BCUT2D eigenvalue weighted by Crippen LogP contribution is -2.39. The third kappa shape index (κ3) is 2.76. The van der Waals surface area contributed by atoms with Gasteiger partial charge in [-0.05, 0) is 30.9 Å². The van der Waals surface area contributed by atoms with Gasteiger partial charge < -0.3 is 9.73 Å². The quantitative estimate of drug-likeness (QED) is 0.880. The highest BCUT2D eigenvalue weighted by Gasteiger charge is 2.25. The van der Waals surface area contributed by atoms with Crippen LogP contribution in [0.5, 0.6) is 0 Å². The van der Waals surface area contributed by atoms with E-state index in [1.54, 1.807) is 6.07 Å². The van der Waals surface area contributed by atoms with Crippen molar-refractivity contribution < 1.29 is 12.8 Å². The van der Waals surface area contributed by atoms with E-state index in [2.05, 4.69) is 12.2 Å². The zero-order valence-corrected chi connectivity index (χ0v) is 11.8. The van der Waals surface area contributed by atoms with Crippen molar-refractivity contribution in [2.24, 2.45) is 5.92 Å². The van der Waals surface area contributed by atoms with E-state index >= 15 is 0 Å². The lowest BCUT2D eigenvalue weighted by molar-refractivity contribution is 0.233. The van der Waals surface area contributed by atoms with Crippen molar-refractivity contribution in [2.45, 2.75) is 37.4 Å². The van der Waals surface area contributed by atoms with Gasteiger partial charge in [0.25, 0.3) is 10.0 Å². The van der Waals surface area contributed by atoms with Crippen LogP contribution in [0.2, 0.25) is 0 Å². The highest BCUT2D eigenvalue weighted by molar-refractivity contribution is 7.88. The fraction of sp³-hybridized carbons (Fsp3) is 0.667. The Bertz CT molecular complexity index is 501. The van der Waals surface area contributed by atoms with Crippen LogP contribution in [-0.4, -0.2) is 32.9 Å². The Hall–Kier alpha value is -0.850. The molecule has 1 aliphatic carbocycles. The van der Waals surface area contributed by atoms with Crippen LogP contribution < -0.4 is 5.32 Å². The molecule has 0 spiro atoms. The minimum atomic E-state index is -3.46. The summed E-state index contributed by atoms with van der Waals surface area (Å²) in [5.41, 5.74) is 0. The van der Waals surface area contributed by atoms with Gasteiger partial charge in [-0.15, -0.1) is 0 Å². The smallest absolute Gasteiger partial charge is 0.275 e. The van der Waals surface area contributed by atoms with E-state index in [1.165, 1.54) is 33.0 Å².